The molecule has 122 valence electrons. The van der Waals surface area contributed by atoms with E-state index in [2.05, 4.69) is 10.6 Å². The highest BCUT2D eigenvalue weighted by atomic mass is 19.1. The van der Waals surface area contributed by atoms with Gasteiger partial charge < -0.3 is 5.32 Å². The van der Waals surface area contributed by atoms with Gasteiger partial charge in [0.15, 0.2) is 0 Å². The van der Waals surface area contributed by atoms with E-state index in [0.29, 0.717) is 43.4 Å². The molecular weight excluding hydrogens is 299 g/mol. The van der Waals surface area contributed by atoms with Gasteiger partial charge in [-0.15, -0.1) is 0 Å². The van der Waals surface area contributed by atoms with Crippen molar-refractivity contribution in [2.75, 3.05) is 5.32 Å². The highest BCUT2D eigenvalue weighted by Crippen LogP contribution is 2.33. The largest absolute Gasteiger partial charge is 0.374 e. The van der Waals surface area contributed by atoms with Crippen molar-refractivity contribution in [3.63, 3.8) is 0 Å². The topological polar surface area (TPSA) is 75.3 Å². The summed E-state index contributed by atoms with van der Waals surface area (Å²) in [4.78, 5) is 34.1. The molecule has 1 saturated carbocycles. The number of nitrogens with one attached hydrogen (secondary N) is 2. The molecule has 0 bridgehead atoms. The minimum absolute atomic E-state index is 0.0809. The third-order valence-corrected chi connectivity index (χ3v) is 4.56. The summed E-state index contributed by atoms with van der Waals surface area (Å²) in [5.41, 5.74) is 1.15. The van der Waals surface area contributed by atoms with Gasteiger partial charge in [-0.25, -0.2) is 4.39 Å². The zero-order valence-electron chi connectivity index (χ0n) is 12.7. The van der Waals surface area contributed by atoms with Crippen LogP contribution < -0.4 is 10.6 Å². The molecule has 1 aromatic carbocycles. The Morgan fingerprint density at radius 2 is 1.78 bits per heavy atom. The van der Waals surface area contributed by atoms with E-state index in [1.165, 1.54) is 6.07 Å². The quantitative estimate of drug-likeness (QED) is 0.838. The van der Waals surface area contributed by atoms with Gasteiger partial charge in [0.05, 0.1) is 0 Å². The maximum atomic E-state index is 14.4. The average Bonchev–Trinajstić information content (AvgIpc) is 2.51. The zero-order chi connectivity index (χ0) is 16.4. The molecule has 23 heavy (non-hydrogen) atoms. The summed E-state index contributed by atoms with van der Waals surface area (Å²) in [5, 5.41) is 5.24. The Hall–Kier alpha value is -2.24. The van der Waals surface area contributed by atoms with Gasteiger partial charge in [0, 0.05) is 24.9 Å². The Kier molecular flexibility index (Phi) is 4.41. The number of carbonyl (C=O) groups excluding carboxylic acids is 3. The number of hydrogen-bond donors (Lipinski definition) is 2. The Balaban J connectivity index is 1.68. The lowest BCUT2D eigenvalue weighted by molar-refractivity contribution is -0.133. The van der Waals surface area contributed by atoms with Gasteiger partial charge in [0.25, 0.3) is 0 Å². The van der Waals surface area contributed by atoms with Crippen molar-refractivity contribution < 1.29 is 18.8 Å². The number of anilines is 1. The first kappa shape index (κ1) is 15.6. The molecule has 2 amide bonds. The van der Waals surface area contributed by atoms with Crippen molar-refractivity contribution in [3.05, 3.63) is 29.6 Å². The van der Waals surface area contributed by atoms with Crippen LogP contribution in [0, 0.1) is 5.82 Å². The number of ketones is 1. The monoisotopic (exact) mass is 318 g/mol. The molecule has 1 unspecified atom stereocenters. The second kappa shape index (κ2) is 6.48. The van der Waals surface area contributed by atoms with Gasteiger partial charge in [0.1, 0.15) is 17.6 Å². The van der Waals surface area contributed by atoms with Gasteiger partial charge in [-0.1, -0.05) is 6.07 Å². The van der Waals surface area contributed by atoms with E-state index in [9.17, 15) is 18.8 Å². The fourth-order valence-electron chi connectivity index (χ4n) is 3.23. The van der Waals surface area contributed by atoms with E-state index in [1.54, 1.807) is 12.1 Å². The van der Waals surface area contributed by atoms with Gasteiger partial charge >= 0.3 is 0 Å². The van der Waals surface area contributed by atoms with Crippen LogP contribution >= 0.6 is 0 Å². The van der Waals surface area contributed by atoms with Crippen LogP contribution in [0.2, 0.25) is 0 Å². The SMILES string of the molecule is O=C1CCC(c2ccc(NC3CCC(=O)NC3=O)cc2F)CC1. The van der Waals surface area contributed by atoms with Crippen LogP contribution in [0.1, 0.15) is 50.0 Å². The second-order valence-electron chi connectivity index (χ2n) is 6.20. The van der Waals surface area contributed by atoms with E-state index < -0.39 is 6.04 Å². The lowest BCUT2D eigenvalue weighted by Crippen LogP contribution is -2.47. The molecule has 1 atom stereocenters. The van der Waals surface area contributed by atoms with E-state index in [-0.39, 0.29) is 35.8 Å². The number of piperidine rings is 1. The van der Waals surface area contributed by atoms with Crippen LogP contribution in [0.5, 0.6) is 0 Å². The molecule has 2 fully saturated rings. The molecule has 2 aliphatic rings. The maximum Gasteiger partial charge on any atom is 0.249 e. The minimum Gasteiger partial charge on any atom is -0.374 e. The van der Waals surface area contributed by atoms with E-state index >= 15 is 0 Å². The minimum atomic E-state index is -0.523. The van der Waals surface area contributed by atoms with Crippen LogP contribution in [-0.4, -0.2) is 23.6 Å². The van der Waals surface area contributed by atoms with Crippen LogP contribution in [0.25, 0.3) is 0 Å². The summed E-state index contributed by atoms with van der Waals surface area (Å²) in [6.45, 7) is 0. The summed E-state index contributed by atoms with van der Waals surface area (Å²) >= 11 is 0. The molecular formula is C17H19FN2O3. The van der Waals surface area contributed by atoms with E-state index in [4.69, 9.17) is 0 Å². The standard InChI is InChI=1S/C17H19FN2O3/c18-14-9-11(19-15-7-8-16(22)20-17(15)23)3-6-13(14)10-1-4-12(21)5-2-10/h3,6,9-10,15,19H,1-2,4-5,7-8H2,(H,20,22,23). The number of benzene rings is 1. The lowest BCUT2D eigenvalue weighted by Gasteiger charge is -2.24. The van der Waals surface area contributed by atoms with Gasteiger partial charge in [-0.3, -0.25) is 19.7 Å². The lowest BCUT2D eigenvalue weighted by atomic mass is 9.83. The number of hydrogen-bond acceptors (Lipinski definition) is 4. The van der Waals surface area contributed by atoms with Crippen molar-refractivity contribution in [2.24, 2.45) is 0 Å². The molecule has 1 heterocycles. The third kappa shape index (κ3) is 3.57. The molecule has 0 spiro atoms. The number of Topliss-reactive ketones (excluding diaryl/α,β-unsaturated/α-hetero) is 1. The Morgan fingerprint density at radius 3 is 2.43 bits per heavy atom. The number of halogens is 1. The van der Waals surface area contributed by atoms with Crippen LogP contribution in [-0.2, 0) is 14.4 Å². The van der Waals surface area contributed by atoms with Crippen LogP contribution in [0.4, 0.5) is 10.1 Å². The van der Waals surface area contributed by atoms with Gasteiger partial charge in [0.2, 0.25) is 11.8 Å². The smallest absolute Gasteiger partial charge is 0.249 e. The molecule has 5 nitrogen and oxygen atoms in total. The highest BCUT2D eigenvalue weighted by molar-refractivity contribution is 6.01. The summed E-state index contributed by atoms with van der Waals surface area (Å²) < 4.78 is 14.4. The molecule has 1 aliphatic heterocycles. The molecule has 2 N–H and O–H groups in total. The fourth-order valence-corrected chi connectivity index (χ4v) is 3.23. The molecule has 1 aliphatic carbocycles. The van der Waals surface area contributed by atoms with Crippen LogP contribution in [0.3, 0.4) is 0 Å². The predicted octanol–water partition coefficient (Wildman–Crippen LogP) is 2.27. The maximum absolute atomic E-state index is 14.4. The molecule has 0 radical (unpaired) electrons. The predicted molar refractivity (Wildman–Crippen MR) is 82.4 cm³/mol. The molecule has 0 aromatic heterocycles. The van der Waals surface area contributed by atoms with Gasteiger partial charge in [-0.2, -0.15) is 0 Å². The highest BCUT2D eigenvalue weighted by Gasteiger charge is 2.27. The molecule has 1 aromatic rings. The van der Waals surface area contributed by atoms with Crippen molar-refractivity contribution >= 4 is 23.3 Å². The fraction of sp³-hybridized carbons (Fsp3) is 0.471. The van der Waals surface area contributed by atoms with Crippen molar-refractivity contribution in [1.82, 2.24) is 5.32 Å². The number of imide groups is 1. The Bertz CT molecular complexity index is 649. The third-order valence-electron chi connectivity index (χ3n) is 4.56. The summed E-state index contributed by atoms with van der Waals surface area (Å²) in [7, 11) is 0. The second-order valence-corrected chi connectivity index (χ2v) is 6.20. The molecule has 1 saturated heterocycles. The first-order valence-electron chi connectivity index (χ1n) is 7.94. The first-order valence-corrected chi connectivity index (χ1v) is 7.94. The summed E-state index contributed by atoms with van der Waals surface area (Å²) in [5.74, 6) is -0.644. The van der Waals surface area contributed by atoms with Crippen molar-refractivity contribution in [2.45, 2.75) is 50.5 Å². The van der Waals surface area contributed by atoms with Gasteiger partial charge in [-0.05, 0) is 42.9 Å². The van der Waals surface area contributed by atoms with E-state index in [1.807, 2.05) is 0 Å². The average molecular weight is 318 g/mol. The van der Waals surface area contributed by atoms with Crippen molar-refractivity contribution in [1.29, 1.82) is 0 Å². The molecule has 3 rings (SSSR count). The normalized spacial score (nSPS) is 22.8. The zero-order valence-corrected chi connectivity index (χ0v) is 12.7. The summed E-state index contributed by atoms with van der Waals surface area (Å²) in [6.07, 6.45) is 3.09. The Morgan fingerprint density at radius 1 is 1.04 bits per heavy atom. The van der Waals surface area contributed by atoms with Crippen LogP contribution in [0.15, 0.2) is 18.2 Å². The van der Waals surface area contributed by atoms with Crippen molar-refractivity contribution in [3.8, 4) is 0 Å². The first-order chi connectivity index (χ1) is 11.0. The number of amides is 2. The number of rotatable bonds is 3. The van der Waals surface area contributed by atoms with E-state index in [0.717, 1.165) is 0 Å². The summed E-state index contributed by atoms with van der Waals surface area (Å²) in [6, 6.07) is 4.34. The molecule has 6 heteroatoms. The Labute approximate surface area is 133 Å². The number of carbonyl (C=O) groups is 3.